The molecule has 1 aliphatic heterocycles. The van der Waals surface area contributed by atoms with E-state index in [1.807, 2.05) is 30.3 Å². The van der Waals surface area contributed by atoms with Crippen molar-refractivity contribution in [3.8, 4) is 0 Å². The Morgan fingerprint density at radius 3 is 2.00 bits per heavy atom. The van der Waals surface area contributed by atoms with Crippen LogP contribution in [0.15, 0.2) is 54.6 Å². The summed E-state index contributed by atoms with van der Waals surface area (Å²) >= 11 is 5.63. The molecule has 0 unspecified atom stereocenters. The number of amides is 2. The van der Waals surface area contributed by atoms with Crippen LogP contribution in [0, 0.1) is 0 Å². The van der Waals surface area contributed by atoms with Crippen LogP contribution in [0.25, 0.3) is 0 Å². The van der Waals surface area contributed by atoms with Crippen LogP contribution in [0.3, 0.4) is 0 Å². The molecule has 0 fully saturated rings. The third kappa shape index (κ3) is 3.02. The van der Waals surface area contributed by atoms with Crippen LogP contribution in [0.4, 0.5) is 0 Å². The van der Waals surface area contributed by atoms with E-state index in [0.29, 0.717) is 11.1 Å². The molecular formula is C17H13ClN2O3. The Morgan fingerprint density at radius 1 is 0.957 bits per heavy atom. The Bertz CT molecular complexity index is 741. The summed E-state index contributed by atoms with van der Waals surface area (Å²) in [6, 6.07) is 14.9. The minimum Gasteiger partial charge on any atom is -0.279 e. The number of hydrazine groups is 1. The number of halogens is 1. The fourth-order valence-corrected chi connectivity index (χ4v) is 2.61. The summed E-state index contributed by atoms with van der Waals surface area (Å²) < 4.78 is 0. The van der Waals surface area contributed by atoms with Crippen molar-refractivity contribution in [3.63, 3.8) is 0 Å². The molecule has 23 heavy (non-hydrogen) atoms. The smallest absolute Gasteiger partial charge is 0.276 e. The molecule has 5 nitrogen and oxygen atoms in total. The van der Waals surface area contributed by atoms with Crippen LogP contribution in [-0.2, 0) is 11.2 Å². The van der Waals surface area contributed by atoms with Gasteiger partial charge in [0.2, 0.25) is 5.24 Å². The van der Waals surface area contributed by atoms with Gasteiger partial charge in [0.25, 0.3) is 11.8 Å². The van der Waals surface area contributed by atoms with Gasteiger partial charge in [0, 0.05) is 0 Å². The summed E-state index contributed by atoms with van der Waals surface area (Å²) in [6.07, 6.45) is 0.274. The highest BCUT2D eigenvalue weighted by Crippen LogP contribution is 2.21. The Morgan fingerprint density at radius 2 is 1.48 bits per heavy atom. The molecule has 2 amide bonds. The van der Waals surface area contributed by atoms with E-state index in [1.165, 1.54) is 0 Å². The zero-order valence-corrected chi connectivity index (χ0v) is 12.8. The molecule has 0 bridgehead atoms. The number of hydrogen-bond acceptors (Lipinski definition) is 4. The summed E-state index contributed by atoms with van der Waals surface area (Å²) in [6.45, 7) is 0. The van der Waals surface area contributed by atoms with Gasteiger partial charge in [-0.25, -0.2) is 10.4 Å². The van der Waals surface area contributed by atoms with Crippen molar-refractivity contribution >= 4 is 28.7 Å². The average Bonchev–Trinajstić information content (AvgIpc) is 2.80. The molecule has 1 aliphatic rings. The summed E-state index contributed by atoms with van der Waals surface area (Å²) in [5, 5.41) is 0.198. The van der Waals surface area contributed by atoms with Crippen LogP contribution in [0.2, 0.25) is 0 Å². The van der Waals surface area contributed by atoms with Crippen LogP contribution < -0.4 is 5.43 Å². The van der Waals surface area contributed by atoms with Gasteiger partial charge in [-0.1, -0.05) is 42.5 Å². The normalized spacial score (nSPS) is 14.7. The van der Waals surface area contributed by atoms with Crippen LogP contribution in [0.1, 0.15) is 26.3 Å². The first-order chi connectivity index (χ1) is 11.1. The Labute approximate surface area is 137 Å². The lowest BCUT2D eigenvalue weighted by atomic mass is 10.1. The molecule has 3 rings (SSSR count). The van der Waals surface area contributed by atoms with Crippen molar-refractivity contribution in [2.45, 2.75) is 12.5 Å². The molecule has 0 aliphatic carbocycles. The van der Waals surface area contributed by atoms with Crippen LogP contribution >= 0.6 is 11.6 Å². The Balaban J connectivity index is 1.81. The number of carbonyl (C=O) groups excluding carboxylic acids is 3. The lowest BCUT2D eigenvalue weighted by Gasteiger charge is -2.21. The Hall–Kier alpha value is -2.50. The van der Waals surface area contributed by atoms with Gasteiger partial charge in [-0.15, -0.1) is 0 Å². The van der Waals surface area contributed by atoms with Crippen molar-refractivity contribution in [1.29, 1.82) is 0 Å². The highest BCUT2D eigenvalue weighted by Gasteiger charge is 2.37. The number of carbonyl (C=O) groups is 3. The maximum absolute atomic E-state index is 12.3. The number of hydrogen-bond donors (Lipinski definition) is 1. The quantitative estimate of drug-likeness (QED) is 0.674. The zero-order valence-electron chi connectivity index (χ0n) is 12.0. The average molecular weight is 329 g/mol. The lowest BCUT2D eigenvalue weighted by Crippen LogP contribution is -2.51. The van der Waals surface area contributed by atoms with Gasteiger partial charge in [-0.2, -0.15) is 0 Å². The molecule has 0 spiro atoms. The van der Waals surface area contributed by atoms with Crippen molar-refractivity contribution < 1.29 is 14.4 Å². The largest absolute Gasteiger partial charge is 0.279 e. The van der Waals surface area contributed by atoms with E-state index in [9.17, 15) is 14.4 Å². The highest BCUT2D eigenvalue weighted by molar-refractivity contribution is 6.64. The standard InChI is InChI=1S/C17H13ClN2O3/c18-15(21)14(10-11-6-2-1-3-7-11)19-20-16(22)12-8-4-5-9-13(12)17(20)23/h1-9,14,19H,10H2/t14-/m0/s1. The number of benzene rings is 2. The second kappa shape index (κ2) is 6.32. The first-order valence-electron chi connectivity index (χ1n) is 7.05. The zero-order chi connectivity index (χ0) is 16.4. The van der Waals surface area contributed by atoms with Crippen LogP contribution in [-0.4, -0.2) is 28.1 Å². The van der Waals surface area contributed by atoms with Gasteiger partial charge in [-0.3, -0.25) is 14.4 Å². The minimum absolute atomic E-state index is 0.274. The van der Waals surface area contributed by atoms with E-state index < -0.39 is 23.1 Å². The molecule has 2 aromatic carbocycles. The van der Waals surface area contributed by atoms with Crippen molar-refractivity contribution in [2.24, 2.45) is 0 Å². The molecule has 0 saturated heterocycles. The van der Waals surface area contributed by atoms with Gasteiger partial charge in [0.1, 0.15) is 6.04 Å². The van der Waals surface area contributed by atoms with Crippen molar-refractivity contribution in [3.05, 3.63) is 71.3 Å². The van der Waals surface area contributed by atoms with E-state index in [0.717, 1.165) is 10.6 Å². The molecule has 2 aromatic rings. The van der Waals surface area contributed by atoms with Crippen molar-refractivity contribution in [2.75, 3.05) is 0 Å². The second-order valence-corrected chi connectivity index (χ2v) is 5.54. The number of imide groups is 1. The SMILES string of the molecule is O=C(Cl)[C@H](Cc1ccccc1)NN1C(=O)c2ccccc2C1=O. The summed E-state index contributed by atoms with van der Waals surface area (Å²) in [5.74, 6) is -0.969. The minimum atomic E-state index is -0.874. The number of fused-ring (bicyclic) bond motifs is 1. The molecule has 0 saturated carbocycles. The fraction of sp³-hybridized carbons (Fsp3) is 0.118. The second-order valence-electron chi connectivity index (χ2n) is 5.17. The summed E-state index contributed by atoms with van der Waals surface area (Å²) in [7, 11) is 0. The van der Waals surface area contributed by atoms with E-state index in [1.54, 1.807) is 24.3 Å². The van der Waals surface area contributed by atoms with Gasteiger partial charge in [0.05, 0.1) is 11.1 Å². The van der Waals surface area contributed by atoms with E-state index in [-0.39, 0.29) is 6.42 Å². The number of nitrogens with one attached hydrogen (secondary N) is 1. The monoisotopic (exact) mass is 328 g/mol. The Kier molecular flexibility index (Phi) is 4.23. The van der Waals surface area contributed by atoms with Crippen molar-refractivity contribution in [1.82, 2.24) is 10.4 Å². The predicted octanol–water partition coefficient (Wildman–Crippen LogP) is 2.16. The molecule has 0 radical (unpaired) electrons. The van der Waals surface area contributed by atoms with Gasteiger partial charge in [-0.05, 0) is 35.7 Å². The van der Waals surface area contributed by atoms with Gasteiger partial charge in [0.15, 0.2) is 0 Å². The maximum atomic E-state index is 12.3. The molecule has 1 atom stereocenters. The van der Waals surface area contributed by atoms with Crippen LogP contribution in [0.5, 0.6) is 0 Å². The topological polar surface area (TPSA) is 66.5 Å². The maximum Gasteiger partial charge on any atom is 0.276 e. The fourth-order valence-electron chi connectivity index (χ4n) is 2.49. The predicted molar refractivity (Wildman–Crippen MR) is 84.9 cm³/mol. The summed E-state index contributed by atoms with van der Waals surface area (Å²) in [4.78, 5) is 36.3. The molecule has 116 valence electrons. The van der Waals surface area contributed by atoms with Gasteiger partial charge < -0.3 is 0 Å². The molecular weight excluding hydrogens is 316 g/mol. The first-order valence-corrected chi connectivity index (χ1v) is 7.43. The third-order valence-corrected chi connectivity index (χ3v) is 3.90. The lowest BCUT2D eigenvalue weighted by molar-refractivity contribution is -0.114. The molecule has 1 N–H and O–H groups in total. The number of nitrogens with zero attached hydrogens (tertiary/aromatic N) is 1. The molecule has 0 aromatic heterocycles. The van der Waals surface area contributed by atoms with E-state index in [2.05, 4.69) is 5.43 Å². The third-order valence-electron chi connectivity index (χ3n) is 3.64. The number of rotatable bonds is 5. The summed E-state index contributed by atoms with van der Waals surface area (Å²) in [5.41, 5.74) is 4.16. The molecule has 6 heteroatoms. The van der Waals surface area contributed by atoms with Gasteiger partial charge >= 0.3 is 0 Å². The van der Waals surface area contributed by atoms with E-state index in [4.69, 9.17) is 11.6 Å². The highest BCUT2D eigenvalue weighted by atomic mass is 35.5. The van der Waals surface area contributed by atoms with E-state index >= 15 is 0 Å². The molecule has 1 heterocycles. The first kappa shape index (κ1) is 15.4.